The van der Waals surface area contributed by atoms with Crippen LogP contribution in [0.5, 0.6) is 11.5 Å². The molecular formula is C28H37N3O4. The van der Waals surface area contributed by atoms with Crippen LogP contribution in [0.2, 0.25) is 0 Å². The first kappa shape index (κ1) is 24.9. The molecule has 2 aliphatic rings. The number of nitrogens with zero attached hydrogens (tertiary/aromatic N) is 2. The van der Waals surface area contributed by atoms with Gasteiger partial charge in [-0.05, 0) is 60.7 Å². The highest BCUT2D eigenvalue weighted by Crippen LogP contribution is 2.39. The highest BCUT2D eigenvalue weighted by atomic mass is 16.5. The van der Waals surface area contributed by atoms with E-state index in [1.54, 1.807) is 26.2 Å². The number of methoxy groups -OCH3 is 2. The van der Waals surface area contributed by atoms with Crippen LogP contribution < -0.4 is 19.7 Å². The van der Waals surface area contributed by atoms with E-state index in [1.165, 1.54) is 0 Å². The summed E-state index contributed by atoms with van der Waals surface area (Å²) in [7, 11) is 4.92. The third kappa shape index (κ3) is 4.82. The molecule has 1 fully saturated rings. The monoisotopic (exact) mass is 479 g/mol. The lowest BCUT2D eigenvalue weighted by Gasteiger charge is -2.43. The fraction of sp³-hybridized carbons (Fsp3) is 0.464. The maximum Gasteiger partial charge on any atom is 0.321 e. The molecule has 2 amide bonds. The number of urea groups is 1. The number of benzene rings is 2. The van der Waals surface area contributed by atoms with Crippen molar-refractivity contribution in [3.8, 4) is 11.5 Å². The molecule has 2 N–H and O–H groups in total. The van der Waals surface area contributed by atoms with E-state index < -0.39 is 0 Å². The highest BCUT2D eigenvalue weighted by Gasteiger charge is 2.34. The Kier molecular flexibility index (Phi) is 6.99. The van der Waals surface area contributed by atoms with Gasteiger partial charge in [0.05, 0.1) is 20.3 Å². The number of carbonyl (C=O) groups is 1. The number of aliphatic hydroxyl groups excluding tert-OH is 1. The van der Waals surface area contributed by atoms with Gasteiger partial charge in [-0.1, -0.05) is 26.0 Å². The Balaban J connectivity index is 1.76. The van der Waals surface area contributed by atoms with E-state index in [9.17, 15) is 9.90 Å². The lowest BCUT2D eigenvalue weighted by Crippen LogP contribution is -2.48. The summed E-state index contributed by atoms with van der Waals surface area (Å²) in [5.41, 5.74) is 5.07. The smallest absolute Gasteiger partial charge is 0.321 e. The van der Waals surface area contributed by atoms with Gasteiger partial charge >= 0.3 is 6.03 Å². The summed E-state index contributed by atoms with van der Waals surface area (Å²) in [6, 6.07) is 12.3. The van der Waals surface area contributed by atoms with Crippen molar-refractivity contribution in [3.63, 3.8) is 0 Å². The number of amides is 2. The lowest BCUT2D eigenvalue weighted by molar-refractivity contribution is 0.0336. The van der Waals surface area contributed by atoms with Gasteiger partial charge in [0.25, 0.3) is 0 Å². The minimum atomic E-state index is -0.282. The molecule has 0 bridgehead atoms. The minimum absolute atomic E-state index is 0.0365. The number of fused-ring (bicyclic) bond motifs is 1. The molecule has 7 nitrogen and oxygen atoms in total. The van der Waals surface area contributed by atoms with Crippen molar-refractivity contribution in [3.05, 3.63) is 59.3 Å². The van der Waals surface area contributed by atoms with Crippen molar-refractivity contribution >= 4 is 17.3 Å². The second-order valence-electron chi connectivity index (χ2n) is 10.2. The number of aliphatic hydroxyl groups is 1. The third-order valence-corrected chi connectivity index (χ3v) is 7.32. The van der Waals surface area contributed by atoms with Gasteiger partial charge in [-0.3, -0.25) is 4.90 Å². The fourth-order valence-electron chi connectivity index (χ4n) is 5.13. The van der Waals surface area contributed by atoms with Gasteiger partial charge in [-0.2, -0.15) is 0 Å². The molecule has 7 heteroatoms. The van der Waals surface area contributed by atoms with Crippen LogP contribution in [0, 0.1) is 5.41 Å². The van der Waals surface area contributed by atoms with Crippen LogP contribution >= 0.6 is 0 Å². The maximum absolute atomic E-state index is 12.7. The summed E-state index contributed by atoms with van der Waals surface area (Å²) in [6.07, 6.45) is 3.10. The molecule has 4 rings (SSSR count). The summed E-state index contributed by atoms with van der Waals surface area (Å²) >= 11 is 0. The van der Waals surface area contributed by atoms with Crippen LogP contribution in [-0.2, 0) is 6.42 Å². The first-order valence-electron chi connectivity index (χ1n) is 12.2. The van der Waals surface area contributed by atoms with Crippen molar-refractivity contribution < 1.29 is 19.4 Å². The number of ether oxygens (including phenoxy) is 2. The molecule has 2 aliphatic heterocycles. The number of piperidine rings is 1. The van der Waals surface area contributed by atoms with Crippen molar-refractivity contribution in [2.24, 2.45) is 5.41 Å². The molecule has 0 saturated carbocycles. The zero-order chi connectivity index (χ0) is 25.3. The second kappa shape index (κ2) is 9.82. The molecule has 2 aromatic rings. The van der Waals surface area contributed by atoms with Crippen molar-refractivity contribution in [1.82, 2.24) is 10.2 Å². The molecule has 2 atom stereocenters. The average molecular weight is 480 g/mol. The lowest BCUT2D eigenvalue weighted by atomic mass is 9.81. The Hall–Kier alpha value is -3.19. The zero-order valence-corrected chi connectivity index (χ0v) is 21.6. The molecule has 188 valence electrons. The van der Waals surface area contributed by atoms with Gasteiger partial charge in [-0.15, -0.1) is 0 Å². The quantitative estimate of drug-likeness (QED) is 0.685. The van der Waals surface area contributed by atoms with Crippen LogP contribution in [0.1, 0.15) is 43.9 Å². The molecule has 0 aliphatic carbocycles. The number of hydrogen-bond donors (Lipinski definition) is 2. The van der Waals surface area contributed by atoms with Gasteiger partial charge < -0.3 is 24.8 Å². The van der Waals surface area contributed by atoms with Crippen LogP contribution in [0.25, 0.3) is 5.57 Å². The van der Waals surface area contributed by atoms with Gasteiger partial charge in [0.2, 0.25) is 0 Å². The predicted octanol–water partition coefficient (Wildman–Crippen LogP) is 4.28. The minimum Gasteiger partial charge on any atom is -0.493 e. The van der Waals surface area contributed by atoms with E-state index in [4.69, 9.17) is 9.47 Å². The van der Waals surface area contributed by atoms with E-state index in [1.807, 2.05) is 25.3 Å². The summed E-state index contributed by atoms with van der Waals surface area (Å²) < 4.78 is 11.2. The van der Waals surface area contributed by atoms with E-state index in [0.29, 0.717) is 17.9 Å². The Labute approximate surface area is 208 Å². The number of carbonyl (C=O) groups excluding carboxylic acids is 1. The molecule has 35 heavy (non-hydrogen) atoms. The number of rotatable bonds is 4. The standard InChI is InChI=1S/C28H37N3O4/c1-18-13-20-14-24(34-5)25(35-6)15-22(20)23(16-31(18)27(33)29-4)19-7-9-21(10-8-19)30-12-11-26(32)28(2,3)17-30/h7-10,14-16,18,26,32H,11-13,17H2,1-6H3,(H,29,33). The van der Waals surface area contributed by atoms with Crippen LogP contribution in [-0.4, -0.2) is 62.5 Å². The van der Waals surface area contributed by atoms with Crippen molar-refractivity contribution in [2.45, 2.75) is 45.8 Å². The third-order valence-electron chi connectivity index (χ3n) is 7.32. The van der Waals surface area contributed by atoms with Gasteiger partial charge in [0.15, 0.2) is 11.5 Å². The van der Waals surface area contributed by atoms with Crippen LogP contribution in [0.15, 0.2) is 42.6 Å². The summed E-state index contributed by atoms with van der Waals surface area (Å²) in [4.78, 5) is 16.8. The number of anilines is 1. The predicted molar refractivity (Wildman–Crippen MR) is 139 cm³/mol. The Bertz CT molecular complexity index is 1110. The van der Waals surface area contributed by atoms with Crippen molar-refractivity contribution in [2.75, 3.05) is 39.3 Å². The molecule has 2 heterocycles. The normalized spacial score (nSPS) is 21.5. The molecule has 2 aromatic carbocycles. The highest BCUT2D eigenvalue weighted by molar-refractivity contribution is 5.87. The first-order chi connectivity index (χ1) is 16.7. The molecular weight excluding hydrogens is 442 g/mol. The van der Waals surface area contributed by atoms with Crippen LogP contribution in [0.4, 0.5) is 10.5 Å². The second-order valence-corrected chi connectivity index (χ2v) is 10.2. The fourth-order valence-corrected chi connectivity index (χ4v) is 5.13. The van der Waals surface area contributed by atoms with E-state index in [0.717, 1.165) is 47.5 Å². The molecule has 0 aromatic heterocycles. The summed E-state index contributed by atoms with van der Waals surface area (Å²) in [5, 5.41) is 13.1. The molecule has 0 radical (unpaired) electrons. The van der Waals surface area contributed by atoms with E-state index in [-0.39, 0.29) is 23.6 Å². The average Bonchev–Trinajstić information content (AvgIpc) is 2.99. The van der Waals surface area contributed by atoms with Gasteiger partial charge in [-0.25, -0.2) is 4.79 Å². The zero-order valence-electron chi connectivity index (χ0n) is 21.6. The first-order valence-corrected chi connectivity index (χ1v) is 12.2. The summed E-state index contributed by atoms with van der Waals surface area (Å²) in [5.74, 6) is 1.33. The topological polar surface area (TPSA) is 74.3 Å². The largest absolute Gasteiger partial charge is 0.493 e. The molecule has 2 unspecified atom stereocenters. The number of nitrogens with one attached hydrogen (secondary N) is 1. The Morgan fingerprint density at radius 2 is 1.77 bits per heavy atom. The maximum atomic E-state index is 12.7. The van der Waals surface area contributed by atoms with E-state index >= 15 is 0 Å². The van der Waals surface area contributed by atoms with Gasteiger partial charge in [0, 0.05) is 49.1 Å². The SMILES string of the molecule is CNC(=O)N1C=C(c2ccc(N3CCC(O)C(C)(C)C3)cc2)c2cc(OC)c(OC)cc2CC1C. The molecule has 1 saturated heterocycles. The van der Waals surface area contributed by atoms with Crippen LogP contribution in [0.3, 0.4) is 0 Å². The van der Waals surface area contributed by atoms with Gasteiger partial charge in [0.1, 0.15) is 0 Å². The number of hydrogen-bond acceptors (Lipinski definition) is 5. The molecule has 0 spiro atoms. The summed E-state index contributed by atoms with van der Waals surface area (Å²) in [6.45, 7) is 7.90. The van der Waals surface area contributed by atoms with E-state index in [2.05, 4.69) is 48.3 Å². The Morgan fingerprint density at radius 3 is 2.37 bits per heavy atom. The Morgan fingerprint density at radius 1 is 1.11 bits per heavy atom. The van der Waals surface area contributed by atoms with Crippen molar-refractivity contribution in [1.29, 1.82) is 0 Å².